The first-order valence-corrected chi connectivity index (χ1v) is 15.9. The van der Waals surface area contributed by atoms with E-state index in [-0.39, 0.29) is 39.8 Å². The van der Waals surface area contributed by atoms with Crippen LogP contribution in [0.1, 0.15) is 59.3 Å². The molecule has 0 saturated carbocycles. The molecule has 2 bridgehead atoms. The average molecular weight is 660 g/mol. The van der Waals surface area contributed by atoms with Gasteiger partial charge < -0.3 is 14.4 Å². The summed E-state index contributed by atoms with van der Waals surface area (Å²) in [7, 11) is 4.19. The van der Waals surface area contributed by atoms with Gasteiger partial charge in [-0.25, -0.2) is 26.2 Å². The van der Waals surface area contributed by atoms with Gasteiger partial charge in [0.15, 0.2) is 12.9 Å². The lowest BCUT2D eigenvalue weighted by Crippen LogP contribution is -2.57. The quantitative estimate of drug-likeness (QED) is 0.244. The lowest BCUT2D eigenvalue weighted by atomic mass is 9.95. The van der Waals surface area contributed by atoms with Crippen molar-refractivity contribution in [1.82, 2.24) is 29.4 Å². The Morgan fingerprint density at radius 1 is 1.17 bits per heavy atom. The van der Waals surface area contributed by atoms with Gasteiger partial charge in [-0.2, -0.15) is 15.1 Å². The highest BCUT2D eigenvalue weighted by Gasteiger charge is 2.46. The molecule has 224 valence electrons. The average Bonchev–Trinajstić information content (AvgIpc) is 3.73. The second-order valence-corrected chi connectivity index (χ2v) is 13.4. The number of aromatic nitrogens is 4. The van der Waals surface area contributed by atoms with Crippen molar-refractivity contribution >= 4 is 63.9 Å². The predicted octanol–water partition coefficient (Wildman–Crippen LogP) is 4.77. The number of rotatable bonds is 4. The number of anilines is 1. The Hall–Kier alpha value is -2.32. The third-order valence-electron chi connectivity index (χ3n) is 9.01. The molecule has 0 spiro atoms. The molecule has 4 aliphatic rings. The molecule has 2 radical (unpaired) electrons. The van der Waals surface area contributed by atoms with Gasteiger partial charge in [-0.15, -0.1) is 0 Å². The van der Waals surface area contributed by atoms with E-state index in [1.165, 1.54) is 17.4 Å². The fourth-order valence-electron chi connectivity index (χ4n) is 7.31. The normalized spacial score (nSPS) is 23.3. The van der Waals surface area contributed by atoms with Crippen LogP contribution in [-0.4, -0.2) is 98.6 Å². The molecule has 0 N–H and O–H groups in total. The van der Waals surface area contributed by atoms with Crippen LogP contribution < -0.4 is 9.64 Å². The van der Waals surface area contributed by atoms with Crippen LogP contribution in [0.25, 0.3) is 16.4 Å². The molecule has 4 saturated heterocycles. The molecule has 0 aromatic carbocycles. The molecule has 1 amide bonds. The number of hydrogen-bond donors (Lipinski definition) is 1. The number of carbonyl (C=O) groups excluding carboxylic acids is 1. The lowest BCUT2D eigenvalue weighted by Gasteiger charge is -2.42. The number of thiol groups is 1. The molecule has 0 aliphatic carbocycles. The zero-order valence-corrected chi connectivity index (χ0v) is 26.7. The molecule has 3 aromatic rings. The van der Waals surface area contributed by atoms with Crippen LogP contribution in [-0.2, 0) is 4.74 Å². The van der Waals surface area contributed by atoms with E-state index in [9.17, 15) is 4.79 Å². The summed E-state index contributed by atoms with van der Waals surface area (Å²) in [6, 6.07) is 1.99. The first kappa shape index (κ1) is 29.7. The number of pyridine rings is 1. The monoisotopic (exact) mass is 659 g/mol. The zero-order chi connectivity index (χ0) is 29.8. The molecule has 10 nitrogen and oxygen atoms in total. The van der Waals surface area contributed by atoms with Gasteiger partial charge in [-0.3, -0.25) is 9.80 Å². The molecule has 2 unspecified atom stereocenters. The van der Waals surface area contributed by atoms with Crippen LogP contribution in [0.2, 0.25) is 0 Å². The lowest BCUT2D eigenvalue weighted by molar-refractivity contribution is 0.0122. The number of amides is 1. The fraction of sp³-hybridized carbons (Fsp3) is 0.643. The Labute approximate surface area is 260 Å². The standard InChI is InChI=1S/C28H35BrFN7O3.BHS/c1-27(2,3)40-26(38)36-17-6-7-18(36)15-34(14-17)24-20-19-8-11-31-37(19)23(29)21(30)22(20)32-25(33-24)39-16-28-9-4-12-35(28)13-5-10-28;1-2/h8,11,17-18H,4-7,9-10,12-16H2,1-3H3;2H. The minimum atomic E-state index is -0.561. The minimum Gasteiger partial charge on any atom is -0.461 e. The van der Waals surface area contributed by atoms with Crippen molar-refractivity contribution in [2.75, 3.05) is 37.7 Å². The maximum Gasteiger partial charge on any atom is 0.410 e. The third kappa shape index (κ3) is 5.10. The third-order valence-corrected chi connectivity index (χ3v) is 9.69. The number of halogens is 2. The molecule has 4 aliphatic heterocycles. The van der Waals surface area contributed by atoms with Crippen LogP contribution in [0.5, 0.6) is 6.01 Å². The van der Waals surface area contributed by atoms with Crippen molar-refractivity contribution in [3.63, 3.8) is 0 Å². The first-order valence-electron chi connectivity index (χ1n) is 14.6. The van der Waals surface area contributed by atoms with Crippen LogP contribution in [0.4, 0.5) is 15.0 Å². The second kappa shape index (κ2) is 11.3. The van der Waals surface area contributed by atoms with Gasteiger partial charge in [0.05, 0.1) is 34.7 Å². The highest BCUT2D eigenvalue weighted by molar-refractivity contribution is 9.10. The van der Waals surface area contributed by atoms with Gasteiger partial charge in [-0.05, 0) is 94.4 Å². The smallest absolute Gasteiger partial charge is 0.410 e. The predicted molar refractivity (Wildman–Crippen MR) is 166 cm³/mol. The van der Waals surface area contributed by atoms with Crippen molar-refractivity contribution in [3.05, 3.63) is 22.7 Å². The van der Waals surface area contributed by atoms with Crippen LogP contribution >= 0.6 is 28.4 Å². The topological polar surface area (TPSA) is 88.3 Å². The largest absolute Gasteiger partial charge is 0.461 e. The highest BCUT2D eigenvalue weighted by Crippen LogP contribution is 2.41. The van der Waals surface area contributed by atoms with Crippen LogP contribution in [0.3, 0.4) is 0 Å². The van der Waals surface area contributed by atoms with E-state index in [0.717, 1.165) is 38.8 Å². The van der Waals surface area contributed by atoms with Crippen molar-refractivity contribution in [2.24, 2.45) is 0 Å². The molecule has 2 atom stereocenters. The van der Waals surface area contributed by atoms with Crippen LogP contribution in [0, 0.1) is 5.82 Å². The summed E-state index contributed by atoms with van der Waals surface area (Å²) < 4.78 is 29.6. The fourth-order valence-corrected chi connectivity index (χ4v) is 7.78. The second-order valence-electron chi connectivity index (χ2n) is 12.7. The summed E-state index contributed by atoms with van der Waals surface area (Å²) in [5, 5.41) is 4.92. The van der Waals surface area contributed by atoms with E-state index in [1.807, 2.05) is 31.7 Å². The van der Waals surface area contributed by atoms with Gasteiger partial charge in [0.2, 0.25) is 0 Å². The van der Waals surface area contributed by atoms with Gasteiger partial charge in [0, 0.05) is 13.1 Å². The summed E-state index contributed by atoms with van der Waals surface area (Å²) in [4.78, 5) is 29.2. The van der Waals surface area contributed by atoms with Crippen molar-refractivity contribution in [2.45, 2.75) is 82.5 Å². The van der Waals surface area contributed by atoms with E-state index >= 15 is 4.39 Å². The van der Waals surface area contributed by atoms with Crippen LogP contribution in [0.15, 0.2) is 16.9 Å². The van der Waals surface area contributed by atoms with Crippen molar-refractivity contribution < 1.29 is 18.7 Å². The minimum absolute atomic E-state index is 0.0190. The summed E-state index contributed by atoms with van der Waals surface area (Å²) in [6.07, 6.45) is 7.66. The molecule has 42 heavy (non-hydrogen) atoms. The SMILES string of the molecule is CC(C)(C)OC(=O)N1C2CCC1CN(c1nc(OCC34CCCN3CCC4)nc3c(F)c(Br)n4nccc4c13)C2.[B]S. The number of hydrogen-bond acceptors (Lipinski definition) is 9. The summed E-state index contributed by atoms with van der Waals surface area (Å²) in [5.41, 5.74) is 0.372. The van der Waals surface area contributed by atoms with E-state index in [2.05, 4.69) is 55.4 Å². The van der Waals surface area contributed by atoms with Crippen molar-refractivity contribution in [1.29, 1.82) is 0 Å². The summed E-state index contributed by atoms with van der Waals surface area (Å²) in [6.45, 7) is 9.48. The molecule has 7 heterocycles. The molecule has 7 rings (SSSR count). The molecule has 4 fully saturated rings. The molecular weight excluding hydrogens is 624 g/mol. The highest BCUT2D eigenvalue weighted by atomic mass is 79.9. The van der Waals surface area contributed by atoms with Crippen molar-refractivity contribution in [3.8, 4) is 6.01 Å². The van der Waals surface area contributed by atoms with E-state index in [4.69, 9.17) is 14.5 Å². The Kier molecular flexibility index (Phi) is 8.01. The van der Waals surface area contributed by atoms with Gasteiger partial charge in [0.25, 0.3) is 0 Å². The number of carbonyl (C=O) groups is 1. The maximum absolute atomic E-state index is 15.8. The number of fused-ring (bicyclic) bond motifs is 6. The summed E-state index contributed by atoms with van der Waals surface area (Å²) in [5.74, 6) is 0.112. The first-order chi connectivity index (χ1) is 20.1. The van der Waals surface area contributed by atoms with E-state index in [0.29, 0.717) is 36.4 Å². The Morgan fingerprint density at radius 2 is 1.83 bits per heavy atom. The number of nitrogens with zero attached hydrogens (tertiary/aromatic N) is 7. The zero-order valence-electron chi connectivity index (χ0n) is 24.2. The molecule has 3 aromatic heterocycles. The van der Waals surface area contributed by atoms with Gasteiger partial charge >= 0.3 is 12.1 Å². The van der Waals surface area contributed by atoms with Gasteiger partial charge in [0.1, 0.15) is 28.1 Å². The Bertz CT molecular complexity index is 1480. The Balaban J connectivity index is 0.00000155. The van der Waals surface area contributed by atoms with E-state index < -0.39 is 11.4 Å². The number of piperazine rings is 1. The van der Waals surface area contributed by atoms with Gasteiger partial charge in [-0.1, -0.05) is 0 Å². The summed E-state index contributed by atoms with van der Waals surface area (Å²) >= 11 is 6.41. The maximum atomic E-state index is 15.8. The Morgan fingerprint density at radius 3 is 2.48 bits per heavy atom. The molecular formula is C28H36BBrFN7O3S. The number of ether oxygens (including phenoxy) is 2. The molecule has 14 heteroatoms. The van der Waals surface area contributed by atoms with E-state index in [1.54, 1.807) is 6.20 Å².